The molecule has 1 unspecified atom stereocenters. The van der Waals surface area contributed by atoms with Crippen LogP contribution in [-0.2, 0) is 0 Å². The van der Waals surface area contributed by atoms with Crippen molar-refractivity contribution in [2.24, 2.45) is 0 Å². The summed E-state index contributed by atoms with van der Waals surface area (Å²) in [6.45, 7) is 3.07. The van der Waals surface area contributed by atoms with Crippen molar-refractivity contribution in [2.75, 3.05) is 6.54 Å². The molecular formula is C16H20FN3. The maximum atomic E-state index is 13.0. The number of rotatable bonds is 2. The third kappa shape index (κ3) is 2.75. The van der Waals surface area contributed by atoms with E-state index in [-0.39, 0.29) is 5.82 Å². The molecule has 3 nitrogen and oxygen atoms in total. The Morgan fingerprint density at radius 3 is 2.75 bits per heavy atom. The largest absolute Gasteiger partial charge is 0.344 e. The molecular weight excluding hydrogens is 253 g/mol. The van der Waals surface area contributed by atoms with E-state index in [9.17, 15) is 4.39 Å². The number of halogens is 1. The van der Waals surface area contributed by atoms with Crippen molar-refractivity contribution in [3.8, 4) is 11.3 Å². The minimum Gasteiger partial charge on any atom is -0.344 e. The van der Waals surface area contributed by atoms with Crippen LogP contribution in [-0.4, -0.2) is 16.5 Å². The van der Waals surface area contributed by atoms with Crippen molar-refractivity contribution < 1.29 is 4.39 Å². The number of hydrogen-bond donors (Lipinski definition) is 2. The highest BCUT2D eigenvalue weighted by Gasteiger charge is 2.18. The fourth-order valence-corrected chi connectivity index (χ4v) is 2.80. The van der Waals surface area contributed by atoms with Crippen molar-refractivity contribution in [3.63, 3.8) is 0 Å². The zero-order valence-corrected chi connectivity index (χ0v) is 11.7. The number of H-pyrrole nitrogens is 1. The molecule has 2 aromatic rings. The summed E-state index contributed by atoms with van der Waals surface area (Å²) in [6, 6.07) is 6.83. The molecule has 4 heteroatoms. The van der Waals surface area contributed by atoms with Crippen LogP contribution in [0.25, 0.3) is 11.3 Å². The summed E-state index contributed by atoms with van der Waals surface area (Å²) in [7, 11) is 0. The summed E-state index contributed by atoms with van der Waals surface area (Å²) in [6.07, 6.45) is 4.88. The Labute approximate surface area is 118 Å². The van der Waals surface area contributed by atoms with Gasteiger partial charge in [-0.25, -0.2) is 9.37 Å². The van der Waals surface area contributed by atoms with E-state index in [1.807, 2.05) is 6.92 Å². The smallest absolute Gasteiger partial charge is 0.124 e. The van der Waals surface area contributed by atoms with Crippen molar-refractivity contribution in [1.29, 1.82) is 0 Å². The van der Waals surface area contributed by atoms with Gasteiger partial charge in [0.1, 0.15) is 11.6 Å². The number of aromatic nitrogens is 2. The summed E-state index contributed by atoms with van der Waals surface area (Å²) < 4.78 is 13.0. The first-order valence-corrected chi connectivity index (χ1v) is 7.30. The maximum absolute atomic E-state index is 13.0. The Balaban J connectivity index is 1.88. The van der Waals surface area contributed by atoms with Gasteiger partial charge in [0, 0.05) is 11.3 Å². The second-order valence-electron chi connectivity index (χ2n) is 5.46. The van der Waals surface area contributed by atoms with E-state index >= 15 is 0 Å². The van der Waals surface area contributed by atoms with Crippen LogP contribution in [0.5, 0.6) is 0 Å². The number of nitrogens with one attached hydrogen (secondary N) is 2. The zero-order valence-electron chi connectivity index (χ0n) is 11.7. The molecule has 1 fully saturated rings. The Hall–Kier alpha value is -1.68. The summed E-state index contributed by atoms with van der Waals surface area (Å²) in [5.41, 5.74) is 2.92. The first-order chi connectivity index (χ1) is 9.74. The van der Waals surface area contributed by atoms with Gasteiger partial charge in [0.2, 0.25) is 0 Å². The molecule has 0 bridgehead atoms. The quantitative estimate of drug-likeness (QED) is 0.875. The summed E-state index contributed by atoms with van der Waals surface area (Å²) in [4.78, 5) is 8.12. The fourth-order valence-electron chi connectivity index (χ4n) is 2.80. The van der Waals surface area contributed by atoms with Gasteiger partial charge in [-0.15, -0.1) is 0 Å². The van der Waals surface area contributed by atoms with Gasteiger partial charge in [-0.3, -0.25) is 0 Å². The van der Waals surface area contributed by atoms with Gasteiger partial charge < -0.3 is 10.3 Å². The first kappa shape index (κ1) is 13.3. The topological polar surface area (TPSA) is 40.7 Å². The van der Waals surface area contributed by atoms with Crippen LogP contribution in [0.15, 0.2) is 24.3 Å². The van der Waals surface area contributed by atoms with Crippen LogP contribution in [0.4, 0.5) is 4.39 Å². The second kappa shape index (κ2) is 5.75. The van der Waals surface area contributed by atoms with Crippen LogP contribution in [0.3, 0.4) is 0 Å². The molecule has 0 radical (unpaired) electrons. The highest BCUT2D eigenvalue weighted by atomic mass is 19.1. The predicted molar refractivity (Wildman–Crippen MR) is 77.9 cm³/mol. The number of nitrogens with zero attached hydrogens (tertiary/aromatic N) is 1. The second-order valence-corrected chi connectivity index (χ2v) is 5.46. The highest BCUT2D eigenvalue weighted by molar-refractivity contribution is 5.61. The normalized spacial score (nSPS) is 19.8. The molecule has 0 aliphatic carbocycles. The Morgan fingerprint density at radius 1 is 1.15 bits per heavy atom. The third-order valence-corrected chi connectivity index (χ3v) is 3.91. The van der Waals surface area contributed by atoms with Crippen LogP contribution >= 0.6 is 0 Å². The molecule has 106 valence electrons. The van der Waals surface area contributed by atoms with Crippen LogP contribution < -0.4 is 5.32 Å². The lowest BCUT2D eigenvalue weighted by atomic mass is 10.1. The zero-order chi connectivity index (χ0) is 13.9. The van der Waals surface area contributed by atoms with Gasteiger partial charge >= 0.3 is 0 Å². The van der Waals surface area contributed by atoms with Crippen LogP contribution in [0.1, 0.15) is 43.2 Å². The highest BCUT2D eigenvalue weighted by Crippen LogP contribution is 2.26. The lowest BCUT2D eigenvalue weighted by molar-refractivity contribution is 0.511. The summed E-state index contributed by atoms with van der Waals surface area (Å²) >= 11 is 0. The van der Waals surface area contributed by atoms with E-state index in [1.165, 1.54) is 31.4 Å². The number of hydrogen-bond acceptors (Lipinski definition) is 2. The van der Waals surface area contributed by atoms with Crippen molar-refractivity contribution in [2.45, 2.75) is 38.6 Å². The molecule has 0 spiro atoms. The van der Waals surface area contributed by atoms with Crippen LogP contribution in [0, 0.1) is 12.7 Å². The minimum atomic E-state index is -0.215. The van der Waals surface area contributed by atoms with Crippen molar-refractivity contribution in [3.05, 3.63) is 41.6 Å². The summed E-state index contributed by atoms with van der Waals surface area (Å²) in [5.74, 6) is 0.788. The molecule has 1 aliphatic heterocycles. The van der Waals surface area contributed by atoms with Crippen LogP contribution in [0.2, 0.25) is 0 Å². The van der Waals surface area contributed by atoms with Gasteiger partial charge in [0.25, 0.3) is 0 Å². The first-order valence-electron chi connectivity index (χ1n) is 7.30. The molecule has 0 amide bonds. The standard InChI is InChI=1S/C16H20FN3/c1-11-15(12-6-8-13(17)9-7-12)20-16(19-11)14-5-3-2-4-10-18-14/h6-9,14,18H,2-5,10H2,1H3,(H,19,20). The van der Waals surface area contributed by atoms with E-state index in [2.05, 4.69) is 10.3 Å². The SMILES string of the molecule is Cc1[nH]c(C2CCCCCN2)nc1-c1ccc(F)cc1. The molecule has 1 saturated heterocycles. The molecule has 1 aliphatic rings. The van der Waals surface area contributed by atoms with Gasteiger partial charge in [-0.1, -0.05) is 12.8 Å². The predicted octanol–water partition coefficient (Wildman–Crippen LogP) is 3.73. The molecule has 1 aromatic carbocycles. The van der Waals surface area contributed by atoms with E-state index in [1.54, 1.807) is 12.1 Å². The summed E-state index contributed by atoms with van der Waals surface area (Å²) in [5, 5.41) is 3.55. The van der Waals surface area contributed by atoms with Crippen molar-refractivity contribution >= 4 is 0 Å². The average molecular weight is 273 g/mol. The lowest BCUT2D eigenvalue weighted by Crippen LogP contribution is -2.21. The Morgan fingerprint density at radius 2 is 1.95 bits per heavy atom. The third-order valence-electron chi connectivity index (χ3n) is 3.91. The molecule has 3 rings (SSSR count). The fraction of sp³-hybridized carbons (Fsp3) is 0.438. The van der Waals surface area contributed by atoms with Crippen molar-refractivity contribution in [1.82, 2.24) is 15.3 Å². The Kier molecular flexibility index (Phi) is 3.83. The minimum absolute atomic E-state index is 0.215. The monoisotopic (exact) mass is 273 g/mol. The molecule has 20 heavy (non-hydrogen) atoms. The van der Waals surface area contributed by atoms with E-state index < -0.39 is 0 Å². The molecule has 1 aromatic heterocycles. The van der Waals surface area contributed by atoms with E-state index in [4.69, 9.17) is 4.98 Å². The number of aryl methyl sites for hydroxylation is 1. The molecule has 2 N–H and O–H groups in total. The average Bonchev–Trinajstić information content (AvgIpc) is 2.66. The maximum Gasteiger partial charge on any atom is 0.124 e. The number of aromatic amines is 1. The molecule has 1 atom stereocenters. The van der Waals surface area contributed by atoms with Gasteiger partial charge in [-0.2, -0.15) is 0 Å². The lowest BCUT2D eigenvalue weighted by Gasteiger charge is -2.12. The van der Waals surface area contributed by atoms with E-state index in [0.717, 1.165) is 35.7 Å². The molecule has 0 saturated carbocycles. The Bertz CT molecular complexity index is 566. The van der Waals surface area contributed by atoms with Gasteiger partial charge in [0.15, 0.2) is 0 Å². The van der Waals surface area contributed by atoms with Gasteiger partial charge in [0.05, 0.1) is 11.7 Å². The molecule has 2 heterocycles. The van der Waals surface area contributed by atoms with Gasteiger partial charge in [-0.05, 0) is 50.6 Å². The van der Waals surface area contributed by atoms with E-state index in [0.29, 0.717) is 6.04 Å². The number of imidazole rings is 1. The number of benzene rings is 1.